The molecule has 3 nitrogen and oxygen atoms in total. The van der Waals surface area contributed by atoms with Gasteiger partial charge in [0.1, 0.15) is 5.58 Å². The quantitative estimate of drug-likeness (QED) is 0.127. The van der Waals surface area contributed by atoms with Gasteiger partial charge in [-0.05, 0) is 86.4 Å². The number of fused-ring (bicyclic) bond motifs is 7. The molecule has 9 aromatic rings. The molecule has 3 aromatic heterocycles. The summed E-state index contributed by atoms with van der Waals surface area (Å²) in [6, 6.07) is 39.0. The van der Waals surface area contributed by atoms with Crippen molar-refractivity contribution in [2.75, 3.05) is 0 Å². The third kappa shape index (κ3) is 8.64. The van der Waals surface area contributed by atoms with E-state index >= 15 is 0 Å². The van der Waals surface area contributed by atoms with Crippen LogP contribution in [0.2, 0.25) is 0 Å². The molecule has 311 valence electrons. The summed E-state index contributed by atoms with van der Waals surface area (Å²) in [6.07, 6.45) is -5.02. The van der Waals surface area contributed by atoms with Crippen LogP contribution >= 0.6 is 0 Å². The fourth-order valence-electron chi connectivity index (χ4n) is 7.16. The van der Waals surface area contributed by atoms with Crippen LogP contribution in [0.3, 0.4) is 0 Å². The minimum Gasteiger partial charge on any atom is -0.500 e. The normalized spacial score (nSPS) is 15.6. The monoisotopic (exact) mass is 1000 g/mol. The van der Waals surface area contributed by atoms with Crippen molar-refractivity contribution in [2.24, 2.45) is 5.41 Å². The van der Waals surface area contributed by atoms with E-state index in [1.54, 1.807) is 18.2 Å². The molecule has 6 aromatic carbocycles. The van der Waals surface area contributed by atoms with Gasteiger partial charge in [0.15, 0.2) is 0 Å². The summed E-state index contributed by atoms with van der Waals surface area (Å²) in [5.74, 6) is 0. The van der Waals surface area contributed by atoms with E-state index in [0.717, 1.165) is 61.9 Å². The van der Waals surface area contributed by atoms with Crippen LogP contribution in [0.25, 0.3) is 77.1 Å². The Labute approximate surface area is 384 Å². The van der Waals surface area contributed by atoms with Crippen molar-refractivity contribution < 1.29 is 52.8 Å². The molecule has 9 rings (SSSR count). The van der Waals surface area contributed by atoms with Gasteiger partial charge in [0.25, 0.3) is 0 Å². The zero-order valence-electron chi connectivity index (χ0n) is 44.9. The van der Waals surface area contributed by atoms with Crippen LogP contribution in [-0.2, 0) is 31.9 Å². The van der Waals surface area contributed by atoms with Crippen molar-refractivity contribution >= 4 is 43.5 Å². The zero-order valence-corrected chi connectivity index (χ0v) is 36.3. The van der Waals surface area contributed by atoms with Crippen LogP contribution < -0.4 is 0 Å². The second kappa shape index (κ2) is 16.7. The first kappa shape index (κ1) is 31.3. The van der Waals surface area contributed by atoms with Gasteiger partial charge in [0.05, 0.1) is 11.0 Å². The molecular weight excluding hydrogens is 942 g/mol. The Bertz CT molecular complexity index is 3410. The number of nitrogens with zero attached hydrogens (tertiary/aromatic N) is 2. The van der Waals surface area contributed by atoms with Crippen molar-refractivity contribution in [1.29, 1.82) is 0 Å². The number of aryl methyl sites for hydroxylation is 3. The van der Waals surface area contributed by atoms with Crippen LogP contribution in [0.1, 0.15) is 77.5 Å². The van der Waals surface area contributed by atoms with Gasteiger partial charge < -0.3 is 14.4 Å². The fraction of sp³-hybridized carbons (Fsp3) is 0.222. The van der Waals surface area contributed by atoms with E-state index in [2.05, 4.69) is 42.9 Å². The van der Waals surface area contributed by atoms with Crippen LogP contribution in [0.15, 0.2) is 132 Å². The van der Waals surface area contributed by atoms with Crippen LogP contribution in [0, 0.1) is 38.1 Å². The number of hydrogen-bond acceptors (Lipinski definition) is 3. The van der Waals surface area contributed by atoms with Crippen molar-refractivity contribution in [3.05, 3.63) is 168 Å². The van der Waals surface area contributed by atoms with Gasteiger partial charge in [0.2, 0.25) is 0 Å². The molecule has 0 amide bonds. The number of benzene rings is 6. The number of aromatic nitrogens is 2. The van der Waals surface area contributed by atoms with Crippen molar-refractivity contribution in [2.45, 2.75) is 73.1 Å². The summed E-state index contributed by atoms with van der Waals surface area (Å²) < 4.78 is 137. The molecule has 0 fully saturated rings. The minimum atomic E-state index is -4.96. The third-order valence-corrected chi connectivity index (χ3v) is 10.7. The molecule has 0 saturated heterocycles. The Hall–Kier alpha value is -5.62. The summed E-state index contributed by atoms with van der Waals surface area (Å²) in [5, 5.41) is 5.49. The smallest absolute Gasteiger partial charge is 0.394 e. The van der Waals surface area contributed by atoms with Gasteiger partial charge in [-0.3, -0.25) is 0 Å². The van der Waals surface area contributed by atoms with E-state index in [4.69, 9.17) is 19.5 Å². The summed E-state index contributed by atoms with van der Waals surface area (Å²) in [7, 11) is 0. The molecule has 0 unspecified atom stereocenters. The topological polar surface area (TPSA) is 38.9 Å². The zero-order chi connectivity index (χ0) is 51.9. The van der Waals surface area contributed by atoms with Crippen LogP contribution in [0.4, 0.5) is 13.2 Å². The first-order chi connectivity index (χ1) is 32.9. The molecular formula is C54H47F3IrN2O-2. The number of alkyl halides is 3. The van der Waals surface area contributed by atoms with E-state index < -0.39 is 49.6 Å². The molecule has 0 bridgehead atoms. The van der Waals surface area contributed by atoms with E-state index in [9.17, 15) is 13.2 Å². The molecule has 3 heterocycles. The molecule has 61 heavy (non-hydrogen) atoms. The van der Waals surface area contributed by atoms with Gasteiger partial charge in [0, 0.05) is 58.3 Å². The van der Waals surface area contributed by atoms with Gasteiger partial charge in [-0.1, -0.05) is 137 Å². The van der Waals surface area contributed by atoms with Gasteiger partial charge in [-0.2, -0.15) is 13.2 Å². The van der Waals surface area contributed by atoms with E-state index in [0.29, 0.717) is 36.1 Å². The van der Waals surface area contributed by atoms with Crippen molar-refractivity contribution in [3.8, 4) is 33.6 Å². The molecule has 0 saturated carbocycles. The van der Waals surface area contributed by atoms with E-state index in [1.807, 2.05) is 72.9 Å². The predicted octanol–water partition coefficient (Wildman–Crippen LogP) is 15.3. The second-order valence-electron chi connectivity index (χ2n) is 16.3. The summed E-state index contributed by atoms with van der Waals surface area (Å²) in [4.78, 5) is 8.90. The molecule has 0 atom stereocenters. The SMILES string of the molecule is [2H]C([2H])([2H])c1c[c-]c(-c2ccc(C(C)(C)C)cn2)cc1.[2H]C([2H])([2H])c1cnc(-c2[c-]ccc3c2oc2c3ccc3ccc4ccccc4c32)cc1-c1ccc(C([2H])([2H])C(C)(C)C(F)(F)F)cc1C([2H])([2H])[2H].[Ir]. The minimum absolute atomic E-state index is 0. The summed E-state index contributed by atoms with van der Waals surface area (Å²) in [5.41, 5.74) is 0.432. The standard InChI is InChI=1S/C38H29F3NO.C16H18N.Ir/c1-22-18-24(20-37(3,4)38(39,40)41)12-16-27(22)32-19-33(42-21-23(32)2)31-11-7-10-29-30-17-15-26-14-13-25-8-5-6-9-28(25)34(26)36(30)43-35(29)31;1-12-5-7-13(8-6-12)15-10-9-14(11-17-15)16(2,3)4;/h5-10,12-19,21H,20H2,1-4H3;5-7,9-11H,1-4H3;/q2*-1;/i1D3,2D3,20D2;1D3;. The Morgan fingerprint density at radius 1 is 0.672 bits per heavy atom. The molecule has 0 aliphatic heterocycles. The van der Waals surface area contributed by atoms with Crippen molar-refractivity contribution in [3.63, 3.8) is 0 Å². The first-order valence-corrected chi connectivity index (χ1v) is 19.3. The Morgan fingerprint density at radius 3 is 2.13 bits per heavy atom. The number of rotatable bonds is 5. The van der Waals surface area contributed by atoms with Gasteiger partial charge >= 0.3 is 6.18 Å². The Balaban J connectivity index is 0.000000304. The Kier molecular flexibility index (Phi) is 8.55. The van der Waals surface area contributed by atoms with Crippen molar-refractivity contribution in [1.82, 2.24) is 9.97 Å². The number of furan rings is 1. The molecule has 7 heteroatoms. The summed E-state index contributed by atoms with van der Waals surface area (Å²) in [6.45, 7) is 0.0132. The largest absolute Gasteiger partial charge is 0.500 e. The maximum absolute atomic E-state index is 14.0. The van der Waals surface area contributed by atoms with Crippen LogP contribution in [-0.4, -0.2) is 16.1 Å². The average molecular weight is 1000 g/mol. The number of pyridine rings is 2. The molecule has 0 spiro atoms. The number of hydrogen-bond donors (Lipinski definition) is 0. The first-order valence-electron chi connectivity index (χ1n) is 24.8. The van der Waals surface area contributed by atoms with E-state index in [1.165, 1.54) is 23.8 Å². The third-order valence-electron chi connectivity index (χ3n) is 10.7. The molecule has 0 aliphatic rings. The fourth-order valence-corrected chi connectivity index (χ4v) is 7.16. The predicted molar refractivity (Wildman–Crippen MR) is 241 cm³/mol. The maximum atomic E-state index is 14.0. The Morgan fingerprint density at radius 2 is 1.43 bits per heavy atom. The number of halogens is 3. The van der Waals surface area contributed by atoms with Gasteiger partial charge in [-0.15, -0.1) is 53.6 Å². The molecule has 1 radical (unpaired) electrons. The average Bonchev–Trinajstić information content (AvgIpc) is 3.69. The van der Waals surface area contributed by atoms with Gasteiger partial charge in [-0.25, -0.2) is 0 Å². The maximum Gasteiger partial charge on any atom is 0.394 e. The molecule has 0 aliphatic carbocycles. The van der Waals surface area contributed by atoms with E-state index in [-0.39, 0.29) is 47.9 Å². The summed E-state index contributed by atoms with van der Waals surface area (Å²) >= 11 is 0. The molecule has 0 N–H and O–H groups in total. The second-order valence-corrected chi connectivity index (χ2v) is 16.3. The van der Waals surface area contributed by atoms with Crippen LogP contribution in [0.5, 0.6) is 0 Å².